The molecule has 0 bridgehead atoms. The number of carbonyl (C=O) groups is 1. The second-order valence-electron chi connectivity index (χ2n) is 4.45. The van der Waals surface area contributed by atoms with Crippen LogP contribution >= 0.6 is 11.3 Å². The molecule has 0 aliphatic heterocycles. The Kier molecular flexibility index (Phi) is 3.96. The molecular formula is C12H14N2O4S2. The Morgan fingerprint density at radius 3 is 2.65 bits per heavy atom. The second-order valence-corrected chi connectivity index (χ2v) is 7.79. The van der Waals surface area contributed by atoms with Crippen molar-refractivity contribution in [1.29, 1.82) is 0 Å². The van der Waals surface area contributed by atoms with Gasteiger partial charge >= 0.3 is 0 Å². The number of aromatic nitrogens is 1. The molecule has 0 fully saturated rings. The zero-order valence-corrected chi connectivity index (χ0v) is 12.9. The van der Waals surface area contributed by atoms with Crippen molar-refractivity contribution >= 4 is 32.2 Å². The first kappa shape index (κ1) is 14.7. The SMILES string of the molecule is Cc1nc(NC(=O)c2ccc(CS(C)(=O)=O)o2)sc1C. The maximum absolute atomic E-state index is 11.9. The first-order valence-corrected chi connectivity index (χ1v) is 8.64. The molecule has 2 heterocycles. The largest absolute Gasteiger partial charge is 0.455 e. The molecule has 108 valence electrons. The summed E-state index contributed by atoms with van der Waals surface area (Å²) in [5.74, 6) is -0.368. The van der Waals surface area contributed by atoms with Crippen LogP contribution in [0.15, 0.2) is 16.5 Å². The first-order chi connectivity index (χ1) is 9.24. The molecular weight excluding hydrogens is 300 g/mol. The van der Waals surface area contributed by atoms with E-state index in [0.717, 1.165) is 16.8 Å². The lowest BCUT2D eigenvalue weighted by molar-refractivity contribution is 0.0995. The Hall–Kier alpha value is -1.67. The highest BCUT2D eigenvalue weighted by molar-refractivity contribution is 7.89. The molecule has 1 amide bonds. The number of carbonyl (C=O) groups excluding carboxylic acids is 1. The summed E-state index contributed by atoms with van der Waals surface area (Å²) in [4.78, 5) is 17.1. The quantitative estimate of drug-likeness (QED) is 0.934. The van der Waals surface area contributed by atoms with Gasteiger partial charge in [-0.05, 0) is 26.0 Å². The van der Waals surface area contributed by atoms with Gasteiger partial charge in [0, 0.05) is 11.1 Å². The van der Waals surface area contributed by atoms with Gasteiger partial charge in [0.1, 0.15) is 11.5 Å². The van der Waals surface area contributed by atoms with Crippen molar-refractivity contribution in [1.82, 2.24) is 4.98 Å². The average Bonchev–Trinajstić information content (AvgIpc) is 2.85. The van der Waals surface area contributed by atoms with Crippen LogP contribution in [-0.2, 0) is 15.6 Å². The highest BCUT2D eigenvalue weighted by atomic mass is 32.2. The topological polar surface area (TPSA) is 89.3 Å². The number of anilines is 1. The highest BCUT2D eigenvalue weighted by Crippen LogP contribution is 2.22. The Morgan fingerprint density at radius 1 is 1.40 bits per heavy atom. The number of thiazole rings is 1. The van der Waals surface area contributed by atoms with Crippen molar-refractivity contribution in [2.45, 2.75) is 19.6 Å². The summed E-state index contributed by atoms with van der Waals surface area (Å²) in [7, 11) is -3.19. The van der Waals surface area contributed by atoms with Gasteiger partial charge in [0.2, 0.25) is 0 Å². The van der Waals surface area contributed by atoms with Gasteiger partial charge in [-0.25, -0.2) is 13.4 Å². The van der Waals surface area contributed by atoms with Gasteiger partial charge < -0.3 is 4.42 Å². The minimum atomic E-state index is -3.19. The monoisotopic (exact) mass is 314 g/mol. The Morgan fingerprint density at radius 2 is 2.10 bits per heavy atom. The number of aryl methyl sites for hydroxylation is 2. The molecule has 6 nitrogen and oxygen atoms in total. The summed E-state index contributed by atoms with van der Waals surface area (Å²) in [6.45, 7) is 3.78. The van der Waals surface area contributed by atoms with E-state index >= 15 is 0 Å². The molecule has 2 aromatic rings. The number of nitrogens with one attached hydrogen (secondary N) is 1. The van der Waals surface area contributed by atoms with Gasteiger partial charge in [-0.15, -0.1) is 11.3 Å². The molecule has 20 heavy (non-hydrogen) atoms. The molecule has 0 saturated carbocycles. The van der Waals surface area contributed by atoms with Gasteiger partial charge in [0.05, 0.1) is 5.69 Å². The Balaban J connectivity index is 2.10. The van der Waals surface area contributed by atoms with Gasteiger partial charge in [-0.3, -0.25) is 10.1 Å². The van der Waals surface area contributed by atoms with E-state index < -0.39 is 15.7 Å². The predicted molar refractivity (Wildman–Crippen MR) is 76.8 cm³/mol. The van der Waals surface area contributed by atoms with Crippen molar-refractivity contribution < 1.29 is 17.6 Å². The second kappa shape index (κ2) is 5.37. The van der Waals surface area contributed by atoms with E-state index in [0.29, 0.717) is 5.13 Å². The van der Waals surface area contributed by atoms with Gasteiger partial charge in [0.25, 0.3) is 5.91 Å². The predicted octanol–water partition coefficient (Wildman–Crippen LogP) is 2.15. The first-order valence-electron chi connectivity index (χ1n) is 5.76. The minimum absolute atomic E-state index is 0.0640. The summed E-state index contributed by atoms with van der Waals surface area (Å²) in [5, 5.41) is 3.11. The molecule has 0 saturated heterocycles. The van der Waals surface area contributed by atoms with Crippen molar-refractivity contribution in [3.05, 3.63) is 34.2 Å². The fourth-order valence-corrected chi connectivity index (χ4v) is 3.00. The van der Waals surface area contributed by atoms with Crippen LogP contribution in [-0.4, -0.2) is 25.6 Å². The number of furan rings is 1. The number of rotatable bonds is 4. The van der Waals surface area contributed by atoms with E-state index in [4.69, 9.17) is 4.42 Å². The number of amides is 1. The molecule has 1 N–H and O–H groups in total. The third kappa shape index (κ3) is 3.67. The summed E-state index contributed by atoms with van der Waals surface area (Å²) in [6, 6.07) is 2.93. The van der Waals surface area contributed by atoms with Crippen molar-refractivity contribution in [3.8, 4) is 0 Å². The molecule has 2 aromatic heterocycles. The molecule has 0 aromatic carbocycles. The number of hydrogen-bond donors (Lipinski definition) is 1. The smallest absolute Gasteiger partial charge is 0.293 e. The Labute approximate surface area is 120 Å². The van der Waals surface area contributed by atoms with E-state index in [1.807, 2.05) is 13.8 Å². The van der Waals surface area contributed by atoms with Gasteiger partial charge in [-0.2, -0.15) is 0 Å². The van der Waals surface area contributed by atoms with Crippen LogP contribution in [0.2, 0.25) is 0 Å². The Bertz CT molecular complexity index is 724. The third-order valence-corrected chi connectivity index (χ3v) is 4.34. The van der Waals surface area contributed by atoms with E-state index in [-0.39, 0.29) is 17.3 Å². The maximum atomic E-state index is 11.9. The minimum Gasteiger partial charge on any atom is -0.455 e. The normalized spacial score (nSPS) is 11.6. The standard InChI is InChI=1S/C12H14N2O4S2/c1-7-8(2)19-12(13-7)14-11(15)10-5-4-9(18-10)6-20(3,16)17/h4-5H,6H2,1-3H3,(H,13,14,15). The van der Waals surface area contributed by atoms with Crippen LogP contribution in [0, 0.1) is 13.8 Å². The summed E-state index contributed by atoms with van der Waals surface area (Å²) in [5.41, 5.74) is 0.863. The molecule has 0 aliphatic rings. The molecule has 0 spiro atoms. The fourth-order valence-electron chi connectivity index (χ4n) is 1.52. The summed E-state index contributed by atoms with van der Waals surface area (Å²) < 4.78 is 27.5. The van der Waals surface area contributed by atoms with E-state index in [2.05, 4.69) is 10.3 Å². The fraction of sp³-hybridized carbons (Fsp3) is 0.333. The van der Waals surface area contributed by atoms with Crippen LogP contribution in [0.4, 0.5) is 5.13 Å². The maximum Gasteiger partial charge on any atom is 0.293 e. The summed E-state index contributed by atoms with van der Waals surface area (Å²) >= 11 is 1.37. The van der Waals surface area contributed by atoms with E-state index in [1.165, 1.54) is 23.5 Å². The zero-order valence-electron chi connectivity index (χ0n) is 11.3. The third-order valence-electron chi connectivity index (χ3n) is 2.54. The van der Waals surface area contributed by atoms with Crippen LogP contribution in [0.1, 0.15) is 26.9 Å². The van der Waals surface area contributed by atoms with Gasteiger partial charge in [0.15, 0.2) is 20.7 Å². The molecule has 0 unspecified atom stereocenters. The molecule has 2 rings (SSSR count). The zero-order chi connectivity index (χ0) is 14.9. The van der Waals surface area contributed by atoms with Crippen molar-refractivity contribution in [2.24, 2.45) is 0 Å². The number of nitrogens with zero attached hydrogens (tertiary/aromatic N) is 1. The van der Waals surface area contributed by atoms with Crippen LogP contribution in [0.3, 0.4) is 0 Å². The van der Waals surface area contributed by atoms with Crippen molar-refractivity contribution in [2.75, 3.05) is 11.6 Å². The average molecular weight is 314 g/mol. The van der Waals surface area contributed by atoms with Crippen LogP contribution < -0.4 is 5.32 Å². The van der Waals surface area contributed by atoms with E-state index in [1.54, 1.807) is 0 Å². The molecule has 0 radical (unpaired) electrons. The van der Waals surface area contributed by atoms with Crippen LogP contribution in [0.25, 0.3) is 0 Å². The molecule has 0 aliphatic carbocycles. The molecule has 8 heteroatoms. The van der Waals surface area contributed by atoms with Crippen LogP contribution in [0.5, 0.6) is 0 Å². The lowest BCUT2D eigenvalue weighted by Crippen LogP contribution is -2.10. The highest BCUT2D eigenvalue weighted by Gasteiger charge is 2.15. The number of hydrogen-bond acceptors (Lipinski definition) is 6. The molecule has 0 atom stereocenters. The summed E-state index contributed by atoms with van der Waals surface area (Å²) in [6.07, 6.45) is 1.11. The van der Waals surface area contributed by atoms with Gasteiger partial charge in [-0.1, -0.05) is 0 Å². The van der Waals surface area contributed by atoms with E-state index in [9.17, 15) is 13.2 Å². The lowest BCUT2D eigenvalue weighted by Gasteiger charge is -1.98. The lowest BCUT2D eigenvalue weighted by atomic mass is 10.4. The number of sulfone groups is 1. The van der Waals surface area contributed by atoms with Crippen molar-refractivity contribution in [3.63, 3.8) is 0 Å².